The molecule has 12 atom stereocenters. The topological polar surface area (TPSA) is 228 Å². The van der Waals surface area contributed by atoms with Gasteiger partial charge in [0.2, 0.25) is 5.91 Å². The van der Waals surface area contributed by atoms with E-state index in [1.807, 2.05) is 0 Å². The zero-order valence-corrected chi connectivity index (χ0v) is 47.4. The van der Waals surface area contributed by atoms with E-state index in [1.54, 1.807) is 0 Å². The largest absolute Gasteiger partial charge is 0.394 e. The van der Waals surface area contributed by atoms with Crippen LogP contribution in [-0.4, -0.2) is 140 Å². The van der Waals surface area contributed by atoms with E-state index in [-0.39, 0.29) is 12.5 Å². The predicted octanol–water partition coefficient (Wildman–Crippen LogP) is 10.9. The molecule has 0 saturated carbocycles. The van der Waals surface area contributed by atoms with Gasteiger partial charge in [0.15, 0.2) is 12.6 Å². The normalized spacial score (nSPS) is 25.1. The third-order valence-electron chi connectivity index (χ3n) is 15.8. The first-order valence-electron chi connectivity index (χ1n) is 31.3. The van der Waals surface area contributed by atoms with E-state index in [4.69, 9.17) is 18.9 Å². The molecular weight excluding hydrogens is 943 g/mol. The van der Waals surface area contributed by atoms with Crippen LogP contribution in [0.4, 0.5) is 0 Å². The Labute approximate surface area is 451 Å². The molecule has 0 aromatic carbocycles. The zero-order valence-electron chi connectivity index (χ0n) is 47.4. The molecule has 2 saturated heterocycles. The molecule has 74 heavy (non-hydrogen) atoms. The summed E-state index contributed by atoms with van der Waals surface area (Å²) in [5.41, 5.74) is 0. The summed E-state index contributed by atoms with van der Waals surface area (Å²) in [6.07, 6.45) is 35.9. The smallest absolute Gasteiger partial charge is 0.220 e. The summed E-state index contributed by atoms with van der Waals surface area (Å²) in [6, 6.07) is -0.821. The van der Waals surface area contributed by atoms with Crippen molar-refractivity contribution in [2.75, 3.05) is 19.8 Å². The van der Waals surface area contributed by atoms with Gasteiger partial charge in [-0.05, 0) is 12.8 Å². The number of carbonyl (C=O) groups is 1. The number of hydrogen-bond donors (Lipinski definition) is 9. The van der Waals surface area contributed by atoms with Crippen molar-refractivity contribution in [3.63, 3.8) is 0 Å². The standard InChI is InChI=1S/C60H117NO13/c1-3-5-7-9-11-13-14-15-16-17-18-19-20-21-22-23-24-25-26-27-28-29-30-31-32-33-34-35-36-37-39-41-43-49(64)48(61-52(65)44-42-40-38-12-10-8-6-4-2)47-71-59-57(70)55(68)58(51(46-63)73-59)74-60-56(69)54(67)53(66)50(45-62)72-60/h48-51,53-60,62-64,66-70H,3-47H2,1-2H3,(H,61,65). The molecule has 0 radical (unpaired) electrons. The molecule has 0 bridgehead atoms. The molecule has 2 fully saturated rings. The van der Waals surface area contributed by atoms with Gasteiger partial charge in [-0.25, -0.2) is 0 Å². The van der Waals surface area contributed by atoms with E-state index >= 15 is 0 Å². The predicted molar refractivity (Wildman–Crippen MR) is 296 cm³/mol. The second kappa shape index (κ2) is 46.9. The first kappa shape index (κ1) is 69.1. The van der Waals surface area contributed by atoms with Gasteiger partial charge in [0.05, 0.1) is 32.0 Å². The maximum absolute atomic E-state index is 13.1. The van der Waals surface area contributed by atoms with Crippen LogP contribution in [0.2, 0.25) is 0 Å². The molecule has 0 aromatic rings. The van der Waals surface area contributed by atoms with Gasteiger partial charge in [-0.15, -0.1) is 0 Å². The first-order chi connectivity index (χ1) is 36.1. The van der Waals surface area contributed by atoms with Gasteiger partial charge in [-0.1, -0.05) is 264 Å². The molecule has 14 nitrogen and oxygen atoms in total. The zero-order chi connectivity index (χ0) is 53.9. The molecule has 12 unspecified atom stereocenters. The van der Waals surface area contributed by atoms with Crippen LogP contribution in [0.3, 0.4) is 0 Å². The Hall–Kier alpha value is -1.01. The van der Waals surface area contributed by atoms with Crippen LogP contribution in [0.1, 0.15) is 284 Å². The fourth-order valence-electron chi connectivity index (χ4n) is 10.8. The number of hydrogen-bond acceptors (Lipinski definition) is 13. The van der Waals surface area contributed by atoms with E-state index < -0.39 is 86.8 Å². The first-order valence-corrected chi connectivity index (χ1v) is 31.3. The lowest BCUT2D eigenvalue weighted by atomic mass is 9.97. The number of amides is 1. The summed E-state index contributed by atoms with van der Waals surface area (Å²) in [5, 5.41) is 87.0. The Morgan fingerprint density at radius 2 is 0.770 bits per heavy atom. The van der Waals surface area contributed by atoms with Crippen LogP contribution in [-0.2, 0) is 23.7 Å². The van der Waals surface area contributed by atoms with Gasteiger partial charge in [-0.3, -0.25) is 4.79 Å². The van der Waals surface area contributed by atoms with Crippen molar-refractivity contribution in [3.8, 4) is 0 Å². The molecule has 2 aliphatic heterocycles. The van der Waals surface area contributed by atoms with Crippen molar-refractivity contribution < 1.29 is 64.6 Å². The molecule has 0 aromatic heterocycles. The highest BCUT2D eigenvalue weighted by atomic mass is 16.7. The Kier molecular flexibility index (Phi) is 43.8. The van der Waals surface area contributed by atoms with Gasteiger partial charge < -0.3 is 65.1 Å². The molecule has 2 heterocycles. The molecule has 0 spiro atoms. The van der Waals surface area contributed by atoms with Crippen molar-refractivity contribution in [1.82, 2.24) is 5.32 Å². The van der Waals surface area contributed by atoms with Crippen LogP contribution in [0.5, 0.6) is 0 Å². The van der Waals surface area contributed by atoms with Gasteiger partial charge in [0.1, 0.15) is 48.8 Å². The summed E-state index contributed by atoms with van der Waals surface area (Å²) in [5.74, 6) is -0.207. The van der Waals surface area contributed by atoms with Gasteiger partial charge in [0.25, 0.3) is 0 Å². The van der Waals surface area contributed by atoms with Crippen molar-refractivity contribution in [2.24, 2.45) is 0 Å². The van der Waals surface area contributed by atoms with Crippen LogP contribution in [0.15, 0.2) is 0 Å². The summed E-state index contributed by atoms with van der Waals surface area (Å²) in [4.78, 5) is 13.1. The lowest BCUT2D eigenvalue weighted by Crippen LogP contribution is -2.65. The number of carbonyl (C=O) groups excluding carboxylic acids is 1. The van der Waals surface area contributed by atoms with E-state index in [0.29, 0.717) is 12.8 Å². The maximum atomic E-state index is 13.1. The number of ether oxygens (including phenoxy) is 4. The Bertz CT molecular complexity index is 1250. The van der Waals surface area contributed by atoms with Crippen LogP contribution in [0.25, 0.3) is 0 Å². The third kappa shape index (κ3) is 32.2. The Balaban J connectivity index is 1.58. The van der Waals surface area contributed by atoms with Crippen molar-refractivity contribution in [2.45, 2.75) is 357 Å². The Morgan fingerprint density at radius 3 is 1.15 bits per heavy atom. The van der Waals surface area contributed by atoms with Crippen LogP contribution in [0, 0.1) is 0 Å². The van der Waals surface area contributed by atoms with E-state index in [2.05, 4.69) is 19.2 Å². The molecule has 440 valence electrons. The fourth-order valence-corrected chi connectivity index (χ4v) is 10.8. The van der Waals surface area contributed by atoms with Crippen LogP contribution >= 0.6 is 0 Å². The van der Waals surface area contributed by atoms with Crippen molar-refractivity contribution in [1.29, 1.82) is 0 Å². The molecule has 9 N–H and O–H groups in total. The summed E-state index contributed by atoms with van der Waals surface area (Å²) < 4.78 is 22.8. The Morgan fingerprint density at radius 1 is 0.432 bits per heavy atom. The minimum Gasteiger partial charge on any atom is -0.394 e. The molecular formula is C60H117NO13. The molecule has 2 rings (SSSR count). The summed E-state index contributed by atoms with van der Waals surface area (Å²) in [7, 11) is 0. The number of nitrogens with one attached hydrogen (secondary N) is 1. The average Bonchev–Trinajstić information content (AvgIpc) is 3.40. The maximum Gasteiger partial charge on any atom is 0.220 e. The SMILES string of the molecule is CCCCCCCCCCCCCCCCCCCCCCCCCCCCCCCCCCC(O)C(COC1OC(CO)C(OC2OC(CO)C(O)C(O)C2O)C(O)C1O)NC(=O)CCCCCCCCCC. The molecule has 1 amide bonds. The van der Waals surface area contributed by atoms with E-state index in [1.165, 1.54) is 205 Å². The van der Waals surface area contributed by atoms with Gasteiger partial charge >= 0.3 is 0 Å². The lowest BCUT2D eigenvalue weighted by molar-refractivity contribution is -0.359. The molecule has 14 heteroatoms. The monoisotopic (exact) mass is 1060 g/mol. The van der Waals surface area contributed by atoms with E-state index in [9.17, 15) is 45.6 Å². The number of unbranched alkanes of at least 4 members (excludes halogenated alkanes) is 38. The molecule has 2 aliphatic rings. The fraction of sp³-hybridized carbons (Fsp3) is 0.983. The highest BCUT2D eigenvalue weighted by molar-refractivity contribution is 5.76. The second-order valence-corrected chi connectivity index (χ2v) is 22.6. The minimum atomic E-state index is -1.78. The van der Waals surface area contributed by atoms with Crippen molar-refractivity contribution >= 4 is 5.91 Å². The highest BCUT2D eigenvalue weighted by Crippen LogP contribution is 2.30. The van der Waals surface area contributed by atoms with Gasteiger partial charge in [0, 0.05) is 6.42 Å². The average molecular weight is 1060 g/mol. The van der Waals surface area contributed by atoms with Crippen LogP contribution < -0.4 is 5.32 Å². The lowest BCUT2D eigenvalue weighted by Gasteiger charge is -2.46. The summed E-state index contributed by atoms with van der Waals surface area (Å²) >= 11 is 0. The minimum absolute atomic E-state index is 0.207. The molecule has 0 aliphatic carbocycles. The third-order valence-corrected chi connectivity index (χ3v) is 15.8. The van der Waals surface area contributed by atoms with Crippen molar-refractivity contribution in [3.05, 3.63) is 0 Å². The van der Waals surface area contributed by atoms with Gasteiger partial charge in [-0.2, -0.15) is 0 Å². The number of rotatable bonds is 51. The number of aliphatic hydroxyl groups excluding tert-OH is 8. The number of aliphatic hydroxyl groups is 8. The quantitative estimate of drug-likeness (QED) is 0.0259. The second-order valence-electron chi connectivity index (χ2n) is 22.6. The highest BCUT2D eigenvalue weighted by Gasteiger charge is 2.51. The van der Waals surface area contributed by atoms with E-state index in [0.717, 1.165) is 51.4 Å². The summed E-state index contributed by atoms with van der Waals surface area (Å²) in [6.45, 7) is 2.85.